The molecule has 3 aliphatic rings. The first-order valence-electron chi connectivity index (χ1n) is 9.60. The van der Waals surface area contributed by atoms with E-state index >= 15 is 0 Å². The van der Waals surface area contributed by atoms with Gasteiger partial charge >= 0.3 is 0 Å². The molecule has 2 heteroatoms. The van der Waals surface area contributed by atoms with Gasteiger partial charge in [-0.25, -0.2) is 0 Å². The van der Waals surface area contributed by atoms with Gasteiger partial charge in [0.2, 0.25) is 0 Å². The predicted molar refractivity (Wildman–Crippen MR) is 90.6 cm³/mol. The number of likely N-dealkylation sites (N-methyl/N-ethyl adjacent to an activating group) is 1. The van der Waals surface area contributed by atoms with Crippen LogP contribution in [-0.4, -0.2) is 36.1 Å². The van der Waals surface area contributed by atoms with Gasteiger partial charge in [-0.2, -0.15) is 0 Å². The van der Waals surface area contributed by atoms with Crippen molar-refractivity contribution >= 4 is 0 Å². The second kappa shape index (κ2) is 6.58. The Bertz CT molecular complexity index is 336. The third-order valence-corrected chi connectivity index (χ3v) is 6.54. The highest BCUT2D eigenvalue weighted by Gasteiger charge is 2.43. The summed E-state index contributed by atoms with van der Waals surface area (Å²) in [4.78, 5) is 2.97. The molecule has 2 saturated carbocycles. The van der Waals surface area contributed by atoms with Crippen molar-refractivity contribution < 1.29 is 0 Å². The van der Waals surface area contributed by atoms with E-state index in [9.17, 15) is 0 Å². The standard InChI is InChI=1S/C19H36N2/c1-4-20-16-11-12-19(2,3)14-18(16)21-13-7-9-15-8-5-6-10-17(15)21/h15-18,20H,4-14H2,1-3H3. The van der Waals surface area contributed by atoms with Crippen LogP contribution in [0.3, 0.4) is 0 Å². The minimum absolute atomic E-state index is 0.540. The number of hydrogen-bond acceptors (Lipinski definition) is 2. The van der Waals surface area contributed by atoms with Gasteiger partial charge in [-0.1, -0.05) is 33.6 Å². The molecule has 0 aromatic carbocycles. The van der Waals surface area contributed by atoms with Crippen molar-refractivity contribution in [1.82, 2.24) is 10.2 Å². The minimum Gasteiger partial charge on any atom is -0.313 e. The molecule has 2 aliphatic carbocycles. The van der Waals surface area contributed by atoms with E-state index in [-0.39, 0.29) is 0 Å². The van der Waals surface area contributed by atoms with Gasteiger partial charge in [0, 0.05) is 18.1 Å². The molecule has 122 valence electrons. The Morgan fingerprint density at radius 3 is 2.57 bits per heavy atom. The van der Waals surface area contributed by atoms with Crippen LogP contribution in [-0.2, 0) is 0 Å². The average Bonchev–Trinajstić information content (AvgIpc) is 2.48. The molecule has 0 amide bonds. The van der Waals surface area contributed by atoms with Crippen molar-refractivity contribution in [3.8, 4) is 0 Å². The molecular weight excluding hydrogens is 256 g/mol. The number of nitrogens with zero attached hydrogens (tertiary/aromatic N) is 1. The zero-order valence-corrected chi connectivity index (χ0v) is 14.5. The molecule has 1 aliphatic heterocycles. The van der Waals surface area contributed by atoms with Crippen molar-refractivity contribution in [3.63, 3.8) is 0 Å². The number of fused-ring (bicyclic) bond motifs is 1. The summed E-state index contributed by atoms with van der Waals surface area (Å²) in [6.45, 7) is 9.75. The molecule has 2 nitrogen and oxygen atoms in total. The van der Waals surface area contributed by atoms with Gasteiger partial charge in [0.05, 0.1) is 0 Å². The Morgan fingerprint density at radius 2 is 1.76 bits per heavy atom. The van der Waals surface area contributed by atoms with Crippen LogP contribution in [0.25, 0.3) is 0 Å². The first-order chi connectivity index (χ1) is 10.1. The minimum atomic E-state index is 0.540. The van der Waals surface area contributed by atoms with E-state index in [1.165, 1.54) is 64.3 Å². The van der Waals surface area contributed by atoms with Crippen molar-refractivity contribution in [2.45, 2.75) is 96.7 Å². The monoisotopic (exact) mass is 292 g/mol. The molecule has 4 unspecified atom stereocenters. The molecule has 0 radical (unpaired) electrons. The normalized spacial score (nSPS) is 40.7. The highest BCUT2D eigenvalue weighted by atomic mass is 15.2. The Hall–Kier alpha value is -0.0800. The number of nitrogens with one attached hydrogen (secondary N) is 1. The van der Waals surface area contributed by atoms with Gasteiger partial charge in [-0.05, 0) is 69.4 Å². The van der Waals surface area contributed by atoms with E-state index in [2.05, 4.69) is 31.0 Å². The topological polar surface area (TPSA) is 15.3 Å². The molecule has 3 rings (SSSR count). The van der Waals surface area contributed by atoms with Gasteiger partial charge in [-0.3, -0.25) is 4.90 Å². The van der Waals surface area contributed by atoms with Crippen molar-refractivity contribution in [1.29, 1.82) is 0 Å². The molecule has 0 bridgehead atoms. The Kier molecular flexibility index (Phi) is 4.95. The van der Waals surface area contributed by atoms with Crippen LogP contribution in [0.2, 0.25) is 0 Å². The average molecular weight is 293 g/mol. The maximum absolute atomic E-state index is 3.82. The molecule has 21 heavy (non-hydrogen) atoms. The fourth-order valence-electron chi connectivity index (χ4n) is 5.47. The van der Waals surface area contributed by atoms with Crippen LogP contribution in [0.15, 0.2) is 0 Å². The molecule has 0 aromatic rings. The lowest BCUT2D eigenvalue weighted by Gasteiger charge is -2.53. The van der Waals surface area contributed by atoms with Crippen LogP contribution >= 0.6 is 0 Å². The summed E-state index contributed by atoms with van der Waals surface area (Å²) < 4.78 is 0. The number of rotatable bonds is 3. The Morgan fingerprint density at radius 1 is 1.00 bits per heavy atom. The summed E-state index contributed by atoms with van der Waals surface area (Å²) in [7, 11) is 0. The largest absolute Gasteiger partial charge is 0.313 e. The SMILES string of the molecule is CCNC1CCC(C)(C)CC1N1CCCC2CCCCC21. The van der Waals surface area contributed by atoms with E-state index in [4.69, 9.17) is 0 Å². The smallest absolute Gasteiger partial charge is 0.0257 e. The zero-order chi connectivity index (χ0) is 14.9. The Labute approximate surface area is 132 Å². The molecule has 4 atom stereocenters. The predicted octanol–water partition coefficient (Wildman–Crippen LogP) is 4.20. The van der Waals surface area contributed by atoms with Gasteiger partial charge in [-0.15, -0.1) is 0 Å². The number of hydrogen-bond donors (Lipinski definition) is 1. The molecule has 1 heterocycles. The van der Waals surface area contributed by atoms with Crippen LogP contribution in [0.5, 0.6) is 0 Å². The molecule has 1 saturated heterocycles. The van der Waals surface area contributed by atoms with E-state index in [0.717, 1.165) is 30.6 Å². The van der Waals surface area contributed by atoms with Gasteiger partial charge in [0.25, 0.3) is 0 Å². The summed E-state index contributed by atoms with van der Waals surface area (Å²) in [5.74, 6) is 1.01. The second-order valence-corrected chi connectivity index (χ2v) is 8.63. The molecule has 0 aromatic heterocycles. The van der Waals surface area contributed by atoms with Crippen molar-refractivity contribution in [2.75, 3.05) is 13.1 Å². The summed E-state index contributed by atoms with van der Waals surface area (Å²) in [5.41, 5.74) is 0.540. The van der Waals surface area contributed by atoms with Gasteiger partial charge in [0.15, 0.2) is 0 Å². The maximum atomic E-state index is 3.82. The summed E-state index contributed by atoms with van der Waals surface area (Å²) in [6, 6.07) is 2.44. The van der Waals surface area contributed by atoms with E-state index in [1.807, 2.05) is 0 Å². The first-order valence-corrected chi connectivity index (χ1v) is 9.60. The molecular formula is C19H36N2. The van der Waals surface area contributed by atoms with E-state index < -0.39 is 0 Å². The first kappa shape index (κ1) is 15.8. The Balaban J connectivity index is 1.76. The quantitative estimate of drug-likeness (QED) is 0.839. The summed E-state index contributed by atoms with van der Waals surface area (Å²) >= 11 is 0. The highest BCUT2D eigenvalue weighted by Crippen LogP contribution is 2.42. The van der Waals surface area contributed by atoms with Gasteiger partial charge < -0.3 is 5.32 Å². The third-order valence-electron chi connectivity index (χ3n) is 6.54. The van der Waals surface area contributed by atoms with Crippen molar-refractivity contribution in [2.24, 2.45) is 11.3 Å². The second-order valence-electron chi connectivity index (χ2n) is 8.63. The van der Waals surface area contributed by atoms with Crippen LogP contribution in [0.1, 0.15) is 78.6 Å². The van der Waals surface area contributed by atoms with Crippen LogP contribution < -0.4 is 5.32 Å². The van der Waals surface area contributed by atoms with Crippen molar-refractivity contribution in [3.05, 3.63) is 0 Å². The lowest BCUT2D eigenvalue weighted by Crippen LogP contribution is -2.60. The van der Waals surface area contributed by atoms with E-state index in [1.54, 1.807) is 0 Å². The fourth-order valence-corrected chi connectivity index (χ4v) is 5.47. The van der Waals surface area contributed by atoms with Crippen LogP contribution in [0, 0.1) is 11.3 Å². The highest BCUT2D eigenvalue weighted by molar-refractivity contribution is 4.99. The zero-order valence-electron chi connectivity index (χ0n) is 14.5. The third kappa shape index (κ3) is 3.47. The fraction of sp³-hybridized carbons (Fsp3) is 1.00. The molecule has 3 fully saturated rings. The molecule has 1 N–H and O–H groups in total. The maximum Gasteiger partial charge on any atom is 0.0257 e. The van der Waals surface area contributed by atoms with E-state index in [0.29, 0.717) is 5.41 Å². The summed E-state index contributed by atoms with van der Waals surface area (Å²) in [5, 5.41) is 3.82. The molecule has 0 spiro atoms. The number of likely N-dealkylation sites (tertiary alicyclic amines) is 1. The summed E-state index contributed by atoms with van der Waals surface area (Å²) in [6.07, 6.45) is 13.0. The lowest BCUT2D eigenvalue weighted by atomic mass is 9.70. The van der Waals surface area contributed by atoms with Gasteiger partial charge in [0.1, 0.15) is 0 Å². The van der Waals surface area contributed by atoms with Crippen LogP contribution in [0.4, 0.5) is 0 Å². The lowest BCUT2D eigenvalue weighted by molar-refractivity contribution is -0.0206. The number of piperidine rings is 1.